The molecule has 1 fully saturated rings. The van der Waals surface area contributed by atoms with Gasteiger partial charge < -0.3 is 14.6 Å². The van der Waals surface area contributed by atoms with Crippen LogP contribution in [0.5, 0.6) is 0 Å². The summed E-state index contributed by atoms with van der Waals surface area (Å²) in [6.07, 6.45) is 4.21. The van der Waals surface area contributed by atoms with Crippen LogP contribution in [0.15, 0.2) is 22.8 Å². The van der Waals surface area contributed by atoms with Gasteiger partial charge in [0.2, 0.25) is 5.91 Å². The lowest BCUT2D eigenvalue weighted by Crippen LogP contribution is -2.51. The summed E-state index contributed by atoms with van der Waals surface area (Å²) >= 11 is 1.67. The minimum atomic E-state index is -0.423. The van der Waals surface area contributed by atoms with Gasteiger partial charge in [-0.1, -0.05) is 20.3 Å². The second-order valence-electron chi connectivity index (χ2n) is 5.60. The molecule has 6 heteroatoms. The fraction of sp³-hybridized carbons (Fsp3) is 0.625. The van der Waals surface area contributed by atoms with Crippen molar-refractivity contribution in [2.75, 3.05) is 5.75 Å². The van der Waals surface area contributed by atoms with Crippen LogP contribution >= 0.6 is 11.8 Å². The molecule has 1 aromatic heterocycles. The molecule has 122 valence electrons. The summed E-state index contributed by atoms with van der Waals surface area (Å²) in [7, 11) is 0. The van der Waals surface area contributed by atoms with E-state index in [1.807, 2.05) is 13.8 Å². The maximum absolute atomic E-state index is 12.7. The van der Waals surface area contributed by atoms with E-state index in [-0.39, 0.29) is 23.2 Å². The summed E-state index contributed by atoms with van der Waals surface area (Å²) in [5.41, 5.74) is 0. The van der Waals surface area contributed by atoms with Crippen LogP contribution in [-0.4, -0.2) is 39.9 Å². The average Bonchev–Trinajstić information content (AvgIpc) is 3.16. The number of nitrogens with one attached hydrogen (secondary N) is 1. The van der Waals surface area contributed by atoms with Crippen molar-refractivity contribution in [2.24, 2.45) is 0 Å². The summed E-state index contributed by atoms with van der Waals surface area (Å²) < 4.78 is 5.23. The highest BCUT2D eigenvalue weighted by Crippen LogP contribution is 2.33. The van der Waals surface area contributed by atoms with Gasteiger partial charge in [-0.05, 0) is 31.9 Å². The fourth-order valence-electron chi connectivity index (χ4n) is 2.48. The van der Waals surface area contributed by atoms with E-state index in [9.17, 15) is 9.59 Å². The average molecular weight is 324 g/mol. The standard InChI is InChI=1S/C16H24N2O3S/c1-4-7-14-18(16(20)13-8-6-9-21-13)12(10-22-14)15(19)17-11(3)5-2/h6,8-9,11-12,14H,4-5,7,10H2,1-3H3,(H,17,19). The lowest BCUT2D eigenvalue weighted by molar-refractivity contribution is -0.125. The van der Waals surface area contributed by atoms with Gasteiger partial charge in [0.1, 0.15) is 6.04 Å². The van der Waals surface area contributed by atoms with Gasteiger partial charge >= 0.3 is 0 Å². The molecule has 1 N–H and O–H groups in total. The van der Waals surface area contributed by atoms with Crippen molar-refractivity contribution in [3.8, 4) is 0 Å². The Balaban J connectivity index is 2.17. The Kier molecular flexibility index (Phi) is 5.94. The van der Waals surface area contributed by atoms with E-state index in [0.29, 0.717) is 11.5 Å². The van der Waals surface area contributed by atoms with Gasteiger partial charge in [-0.25, -0.2) is 0 Å². The molecule has 22 heavy (non-hydrogen) atoms. The van der Waals surface area contributed by atoms with Crippen LogP contribution in [0.25, 0.3) is 0 Å². The van der Waals surface area contributed by atoms with Crippen molar-refractivity contribution < 1.29 is 14.0 Å². The van der Waals surface area contributed by atoms with Gasteiger partial charge in [0.05, 0.1) is 11.6 Å². The van der Waals surface area contributed by atoms with Gasteiger partial charge in [-0.3, -0.25) is 9.59 Å². The maximum Gasteiger partial charge on any atom is 0.291 e. The first-order chi connectivity index (χ1) is 10.6. The van der Waals surface area contributed by atoms with E-state index in [4.69, 9.17) is 4.42 Å². The quantitative estimate of drug-likeness (QED) is 0.874. The third kappa shape index (κ3) is 3.66. The number of rotatable bonds is 6. The number of amides is 2. The summed E-state index contributed by atoms with van der Waals surface area (Å²) in [4.78, 5) is 26.9. The highest BCUT2D eigenvalue weighted by molar-refractivity contribution is 8.00. The molecule has 1 aliphatic rings. The molecule has 1 aliphatic heterocycles. The van der Waals surface area contributed by atoms with Crippen molar-refractivity contribution in [3.63, 3.8) is 0 Å². The highest BCUT2D eigenvalue weighted by atomic mass is 32.2. The number of nitrogens with zero attached hydrogens (tertiary/aromatic N) is 1. The third-order valence-corrected chi connectivity index (χ3v) is 5.25. The largest absolute Gasteiger partial charge is 0.459 e. The van der Waals surface area contributed by atoms with Crippen LogP contribution in [0, 0.1) is 0 Å². The van der Waals surface area contributed by atoms with Gasteiger partial charge in [-0.15, -0.1) is 11.8 Å². The predicted octanol–water partition coefficient (Wildman–Crippen LogP) is 2.88. The molecule has 1 aromatic rings. The number of hydrogen-bond donors (Lipinski definition) is 1. The molecular formula is C16H24N2O3S. The number of thioether (sulfide) groups is 1. The topological polar surface area (TPSA) is 62.6 Å². The van der Waals surface area contributed by atoms with Crippen molar-refractivity contribution >= 4 is 23.6 Å². The summed E-state index contributed by atoms with van der Waals surface area (Å²) in [6, 6.07) is 3.04. The number of hydrogen-bond acceptors (Lipinski definition) is 4. The molecule has 2 heterocycles. The smallest absolute Gasteiger partial charge is 0.291 e. The Morgan fingerprint density at radius 3 is 2.86 bits per heavy atom. The predicted molar refractivity (Wildman–Crippen MR) is 87.7 cm³/mol. The molecule has 3 unspecified atom stereocenters. The highest BCUT2D eigenvalue weighted by Gasteiger charge is 2.42. The van der Waals surface area contributed by atoms with Crippen LogP contribution in [-0.2, 0) is 4.79 Å². The zero-order valence-corrected chi connectivity index (χ0v) is 14.2. The minimum absolute atomic E-state index is 0.0373. The Morgan fingerprint density at radius 2 is 2.27 bits per heavy atom. The van der Waals surface area contributed by atoms with Crippen LogP contribution in [0.2, 0.25) is 0 Å². The monoisotopic (exact) mass is 324 g/mol. The number of carbonyl (C=O) groups is 2. The normalized spacial score (nSPS) is 22.6. The van der Waals surface area contributed by atoms with Gasteiger partial charge in [0.25, 0.3) is 5.91 Å². The number of carbonyl (C=O) groups excluding carboxylic acids is 2. The summed E-state index contributed by atoms with van der Waals surface area (Å²) in [6.45, 7) is 6.09. The first kappa shape index (κ1) is 16.9. The molecule has 0 saturated carbocycles. The van der Waals surface area contributed by atoms with Crippen LogP contribution in [0.4, 0.5) is 0 Å². The Hall–Kier alpha value is -1.43. The molecule has 5 nitrogen and oxygen atoms in total. The number of furan rings is 1. The van der Waals surface area contributed by atoms with E-state index < -0.39 is 6.04 Å². The van der Waals surface area contributed by atoms with Crippen molar-refractivity contribution in [2.45, 2.75) is 57.5 Å². The van der Waals surface area contributed by atoms with Crippen molar-refractivity contribution in [1.82, 2.24) is 10.2 Å². The maximum atomic E-state index is 12.7. The summed E-state index contributed by atoms with van der Waals surface area (Å²) in [5.74, 6) is 0.669. The van der Waals surface area contributed by atoms with Crippen molar-refractivity contribution in [1.29, 1.82) is 0 Å². The first-order valence-corrected chi connectivity index (χ1v) is 8.91. The van der Waals surface area contributed by atoms with E-state index in [0.717, 1.165) is 19.3 Å². The van der Waals surface area contributed by atoms with E-state index >= 15 is 0 Å². The Morgan fingerprint density at radius 1 is 1.50 bits per heavy atom. The SMILES string of the molecule is CCCC1SCC(C(=O)NC(C)CC)N1C(=O)c1ccco1. The molecule has 2 amide bonds. The zero-order valence-electron chi connectivity index (χ0n) is 13.4. The zero-order chi connectivity index (χ0) is 16.1. The van der Waals surface area contributed by atoms with E-state index in [1.165, 1.54) is 6.26 Å². The van der Waals surface area contributed by atoms with E-state index in [2.05, 4.69) is 12.2 Å². The van der Waals surface area contributed by atoms with Crippen molar-refractivity contribution in [3.05, 3.63) is 24.2 Å². The second-order valence-corrected chi connectivity index (χ2v) is 6.81. The summed E-state index contributed by atoms with van der Waals surface area (Å²) in [5, 5.41) is 3.02. The third-order valence-electron chi connectivity index (χ3n) is 3.90. The van der Waals surface area contributed by atoms with Gasteiger partial charge in [0, 0.05) is 11.8 Å². The molecule has 2 rings (SSSR count). The molecular weight excluding hydrogens is 300 g/mol. The lowest BCUT2D eigenvalue weighted by Gasteiger charge is -2.28. The molecule has 0 bridgehead atoms. The Labute approximate surface area is 135 Å². The first-order valence-electron chi connectivity index (χ1n) is 7.86. The van der Waals surface area contributed by atoms with Crippen LogP contribution < -0.4 is 5.32 Å². The minimum Gasteiger partial charge on any atom is -0.459 e. The molecule has 0 spiro atoms. The fourth-order valence-corrected chi connectivity index (χ4v) is 4.00. The van der Waals surface area contributed by atoms with E-state index in [1.54, 1.807) is 28.8 Å². The Bertz CT molecular complexity index is 503. The molecule has 3 atom stereocenters. The molecule has 0 radical (unpaired) electrons. The van der Waals surface area contributed by atoms with Gasteiger partial charge in [0.15, 0.2) is 5.76 Å². The van der Waals surface area contributed by atoms with Crippen LogP contribution in [0.3, 0.4) is 0 Å². The lowest BCUT2D eigenvalue weighted by atomic mass is 10.2. The molecule has 0 aromatic carbocycles. The second kappa shape index (κ2) is 7.72. The molecule has 1 saturated heterocycles. The molecule has 0 aliphatic carbocycles. The van der Waals surface area contributed by atoms with Gasteiger partial charge in [-0.2, -0.15) is 0 Å². The van der Waals surface area contributed by atoms with Crippen LogP contribution in [0.1, 0.15) is 50.6 Å².